The van der Waals surface area contributed by atoms with Crippen LogP contribution in [-0.2, 0) is 4.43 Å². The van der Waals surface area contributed by atoms with E-state index < -0.39 is 0 Å². The van der Waals surface area contributed by atoms with E-state index in [4.69, 9.17) is 0 Å². The van der Waals surface area contributed by atoms with E-state index in [9.17, 15) is 0 Å². The summed E-state index contributed by atoms with van der Waals surface area (Å²) >= 11 is 0. The predicted molar refractivity (Wildman–Crippen MR) is 24.4 cm³/mol. The molecule has 0 spiro atoms. The molecule has 0 aromatic heterocycles. The van der Waals surface area contributed by atoms with E-state index in [1.54, 1.807) is 6.26 Å². The zero-order valence-corrected chi connectivity index (χ0v) is 4.68. The molecule has 0 fully saturated rings. The Kier molecular flexibility index (Phi) is 3.57. The molecule has 0 aromatic rings. The minimum Gasteiger partial charge on any atom is -0.555 e. The lowest BCUT2D eigenvalue weighted by Crippen LogP contribution is -1.62. The fourth-order valence-corrected chi connectivity index (χ4v) is 0.289. The van der Waals surface area contributed by atoms with Crippen molar-refractivity contribution in [1.29, 1.82) is 0 Å². The fourth-order valence-electron chi connectivity index (χ4n) is 0.0962. The van der Waals surface area contributed by atoms with Crippen molar-refractivity contribution < 1.29 is 4.43 Å². The molecule has 1 radical (unpaired) electrons. The van der Waals surface area contributed by atoms with Gasteiger partial charge in [0.1, 0.15) is 0 Å². The predicted octanol–water partition coefficient (Wildman–Crippen LogP) is 0.0847. The zero-order chi connectivity index (χ0) is 4.12. The molecule has 29 valence electrons. The molecule has 2 heteroatoms. The third-order valence-corrected chi connectivity index (χ3v) is 0.425. The minimum absolute atomic E-state index is 1.46. The van der Waals surface area contributed by atoms with Crippen LogP contribution in [0.4, 0.5) is 0 Å². The Morgan fingerprint density at radius 1 is 1.80 bits per heavy atom. The molecule has 0 heterocycles. The van der Waals surface area contributed by atoms with Crippen molar-refractivity contribution in [2.24, 2.45) is 0 Å². The normalized spacial score (nSPS) is 9.20. The standard InChI is InChI=1S/C3H7OSi/c1-2-3-4-5/h2-3H,5H2,1H3. The first-order valence-electron chi connectivity index (χ1n) is 1.44. The van der Waals surface area contributed by atoms with Gasteiger partial charge in [-0.2, -0.15) is 0 Å². The minimum atomic E-state index is 1.46. The van der Waals surface area contributed by atoms with Gasteiger partial charge >= 0.3 is 0 Å². The average molecular weight is 87.2 g/mol. The molecule has 5 heavy (non-hydrogen) atoms. The molecular formula is C3H7OSi. The number of allylic oxidation sites excluding steroid dienone is 1. The SMILES string of the molecule is CC=CO[SiH2]. The summed E-state index contributed by atoms with van der Waals surface area (Å²) < 4.78 is 4.54. The van der Waals surface area contributed by atoms with Crippen molar-refractivity contribution in [1.82, 2.24) is 0 Å². The molecule has 0 amide bonds. The Morgan fingerprint density at radius 3 is 2.40 bits per heavy atom. The summed E-state index contributed by atoms with van der Waals surface area (Å²) in [5, 5.41) is 0. The molecule has 0 unspecified atom stereocenters. The van der Waals surface area contributed by atoms with Crippen molar-refractivity contribution in [3.63, 3.8) is 0 Å². The second-order valence-electron chi connectivity index (χ2n) is 0.636. The van der Waals surface area contributed by atoms with Gasteiger partial charge in [0.2, 0.25) is 10.5 Å². The fraction of sp³-hybridized carbons (Fsp3) is 0.333. The van der Waals surface area contributed by atoms with Gasteiger partial charge in [0.25, 0.3) is 0 Å². The smallest absolute Gasteiger partial charge is 0.242 e. The summed E-state index contributed by atoms with van der Waals surface area (Å²) in [5.74, 6) is 0. The van der Waals surface area contributed by atoms with Crippen molar-refractivity contribution in [3.8, 4) is 0 Å². The van der Waals surface area contributed by atoms with E-state index in [0.717, 1.165) is 0 Å². The van der Waals surface area contributed by atoms with Gasteiger partial charge in [0.05, 0.1) is 6.26 Å². The van der Waals surface area contributed by atoms with Crippen molar-refractivity contribution >= 4 is 10.5 Å². The first kappa shape index (κ1) is 4.76. The zero-order valence-electron chi connectivity index (χ0n) is 3.27. The first-order valence-corrected chi connectivity index (χ1v) is 2.01. The largest absolute Gasteiger partial charge is 0.555 e. The van der Waals surface area contributed by atoms with Gasteiger partial charge in [-0.15, -0.1) is 0 Å². The van der Waals surface area contributed by atoms with Crippen LogP contribution in [0.15, 0.2) is 12.3 Å². The molecule has 0 saturated carbocycles. The Balaban J connectivity index is 2.62. The van der Waals surface area contributed by atoms with E-state index in [1.807, 2.05) is 13.0 Å². The molecule has 0 aliphatic heterocycles. The van der Waals surface area contributed by atoms with E-state index in [2.05, 4.69) is 4.43 Å². The highest BCUT2D eigenvalue weighted by Gasteiger charge is 1.47. The Morgan fingerprint density at radius 2 is 2.40 bits per heavy atom. The quantitative estimate of drug-likeness (QED) is 0.325. The summed E-state index contributed by atoms with van der Waals surface area (Å²) in [5.41, 5.74) is 0. The topological polar surface area (TPSA) is 9.23 Å². The molecule has 0 bridgehead atoms. The molecule has 0 atom stereocenters. The van der Waals surface area contributed by atoms with Crippen LogP contribution in [0.1, 0.15) is 6.92 Å². The van der Waals surface area contributed by atoms with Crippen LogP contribution in [0, 0.1) is 0 Å². The number of rotatable bonds is 1. The molecule has 1 nitrogen and oxygen atoms in total. The van der Waals surface area contributed by atoms with Crippen LogP contribution in [0.5, 0.6) is 0 Å². The molecule has 0 rings (SSSR count). The second-order valence-corrected chi connectivity index (χ2v) is 0.969. The van der Waals surface area contributed by atoms with Crippen LogP contribution in [0.3, 0.4) is 0 Å². The molecule has 0 aliphatic carbocycles. The van der Waals surface area contributed by atoms with Crippen molar-refractivity contribution in [2.45, 2.75) is 6.92 Å². The lowest BCUT2D eigenvalue weighted by atomic mass is 10.8. The third-order valence-electron chi connectivity index (χ3n) is 0.232. The summed E-state index contributed by atoms with van der Waals surface area (Å²) in [6.45, 7) is 1.91. The Bertz CT molecular complexity index is 33.9. The van der Waals surface area contributed by atoms with Crippen molar-refractivity contribution in [3.05, 3.63) is 12.3 Å². The molecular weight excluding hydrogens is 80.1 g/mol. The third kappa shape index (κ3) is 3.76. The van der Waals surface area contributed by atoms with Gasteiger partial charge in [0.15, 0.2) is 0 Å². The van der Waals surface area contributed by atoms with Crippen LogP contribution in [0.2, 0.25) is 0 Å². The summed E-state index contributed by atoms with van der Waals surface area (Å²) in [6.07, 6.45) is 3.48. The van der Waals surface area contributed by atoms with E-state index in [1.165, 1.54) is 10.5 Å². The van der Waals surface area contributed by atoms with Crippen LogP contribution in [0.25, 0.3) is 0 Å². The number of hydrogen-bond donors (Lipinski definition) is 0. The second kappa shape index (κ2) is 3.76. The van der Waals surface area contributed by atoms with E-state index >= 15 is 0 Å². The van der Waals surface area contributed by atoms with Crippen molar-refractivity contribution in [2.75, 3.05) is 0 Å². The monoisotopic (exact) mass is 87.0 g/mol. The highest BCUT2D eigenvalue weighted by Crippen LogP contribution is 1.63. The maximum Gasteiger partial charge on any atom is 0.242 e. The lowest BCUT2D eigenvalue weighted by Gasteiger charge is -1.77. The highest BCUT2D eigenvalue weighted by molar-refractivity contribution is 5.98. The van der Waals surface area contributed by atoms with Gasteiger partial charge in [0, 0.05) is 0 Å². The van der Waals surface area contributed by atoms with Crippen LogP contribution < -0.4 is 0 Å². The molecule has 0 aromatic carbocycles. The molecule has 0 aliphatic rings. The lowest BCUT2D eigenvalue weighted by molar-refractivity contribution is 0.534. The van der Waals surface area contributed by atoms with Gasteiger partial charge in [-0.1, -0.05) is 6.08 Å². The van der Waals surface area contributed by atoms with Crippen LogP contribution >= 0.6 is 0 Å². The average Bonchev–Trinajstić information content (AvgIpc) is 1.41. The maximum absolute atomic E-state index is 4.54. The van der Waals surface area contributed by atoms with E-state index in [0.29, 0.717) is 0 Å². The molecule has 0 N–H and O–H groups in total. The van der Waals surface area contributed by atoms with Gasteiger partial charge < -0.3 is 4.43 Å². The van der Waals surface area contributed by atoms with Crippen LogP contribution in [-0.4, -0.2) is 10.5 Å². The Hall–Kier alpha value is -0.243. The van der Waals surface area contributed by atoms with E-state index in [-0.39, 0.29) is 0 Å². The van der Waals surface area contributed by atoms with Gasteiger partial charge in [-0.3, -0.25) is 0 Å². The summed E-state index contributed by atoms with van der Waals surface area (Å²) in [6, 6.07) is 0. The summed E-state index contributed by atoms with van der Waals surface area (Å²) in [4.78, 5) is 0. The Labute approximate surface area is 35.2 Å². The molecule has 0 saturated heterocycles. The summed E-state index contributed by atoms with van der Waals surface area (Å²) in [7, 11) is 1.46. The maximum atomic E-state index is 4.54. The first-order chi connectivity index (χ1) is 2.41. The van der Waals surface area contributed by atoms with Gasteiger partial charge in [-0.25, -0.2) is 0 Å². The highest BCUT2D eigenvalue weighted by atomic mass is 28.2. The van der Waals surface area contributed by atoms with Gasteiger partial charge in [-0.05, 0) is 6.92 Å². The number of hydrogen-bond acceptors (Lipinski definition) is 1.